The molecule has 3 aromatic rings. The fourth-order valence-corrected chi connectivity index (χ4v) is 3.28. The lowest BCUT2D eigenvalue weighted by molar-refractivity contribution is -0.144. The Balaban J connectivity index is 1.68. The minimum Gasteiger partial charge on any atom is -0.508 e. The molecule has 154 valence electrons. The zero-order chi connectivity index (χ0) is 21.4. The molecule has 0 aliphatic heterocycles. The van der Waals surface area contributed by atoms with Crippen molar-refractivity contribution in [3.63, 3.8) is 0 Å². The van der Waals surface area contributed by atoms with Crippen LogP contribution in [0, 0.1) is 5.41 Å². The van der Waals surface area contributed by atoms with Gasteiger partial charge in [0.05, 0.1) is 5.41 Å². The van der Waals surface area contributed by atoms with Gasteiger partial charge in [-0.05, 0) is 74.1 Å². The zero-order valence-electron chi connectivity index (χ0n) is 17.5. The standard InChI is InChI=1S/C27H28O3/c1-27(2,26(29)30-25-13-7-4-8-14-25)19-9-12-23(22-10-5-3-6-11-22)20-21-15-17-24(28)18-16-21/h3-8,10-11,13-18,20,28H,9,12,19H2,1-2H3/b23-20+. The second kappa shape index (κ2) is 9.93. The molecule has 1 N–H and O–H groups in total. The molecule has 0 bridgehead atoms. The molecule has 0 unspecified atom stereocenters. The van der Waals surface area contributed by atoms with Crippen molar-refractivity contribution in [1.29, 1.82) is 0 Å². The second-order valence-electron chi connectivity index (χ2n) is 8.07. The molecule has 3 nitrogen and oxygen atoms in total. The van der Waals surface area contributed by atoms with Crippen molar-refractivity contribution < 1.29 is 14.6 Å². The van der Waals surface area contributed by atoms with Crippen molar-refractivity contribution in [2.75, 3.05) is 0 Å². The van der Waals surface area contributed by atoms with Crippen molar-refractivity contribution in [3.05, 3.63) is 96.1 Å². The van der Waals surface area contributed by atoms with E-state index >= 15 is 0 Å². The number of hydrogen-bond donors (Lipinski definition) is 1. The van der Waals surface area contributed by atoms with Crippen molar-refractivity contribution in [1.82, 2.24) is 0 Å². The molecule has 0 saturated carbocycles. The van der Waals surface area contributed by atoms with E-state index in [1.54, 1.807) is 24.3 Å². The SMILES string of the molecule is CC(C)(CCC/C(=C\c1ccc(O)cc1)c1ccccc1)C(=O)Oc1ccccc1. The van der Waals surface area contributed by atoms with Gasteiger partial charge >= 0.3 is 5.97 Å². The quantitative estimate of drug-likeness (QED) is 0.259. The number of phenolic OH excluding ortho intramolecular Hbond substituents is 1. The zero-order valence-corrected chi connectivity index (χ0v) is 17.5. The van der Waals surface area contributed by atoms with Gasteiger partial charge in [-0.2, -0.15) is 0 Å². The number of carbonyl (C=O) groups excluding carboxylic acids is 1. The van der Waals surface area contributed by atoms with Gasteiger partial charge in [-0.25, -0.2) is 0 Å². The molecule has 0 aliphatic rings. The van der Waals surface area contributed by atoms with Crippen LogP contribution in [0.15, 0.2) is 84.9 Å². The van der Waals surface area contributed by atoms with E-state index in [9.17, 15) is 9.90 Å². The summed E-state index contributed by atoms with van der Waals surface area (Å²) in [4.78, 5) is 12.6. The number of aromatic hydroxyl groups is 1. The Labute approximate surface area is 178 Å². The van der Waals surface area contributed by atoms with Crippen LogP contribution >= 0.6 is 0 Å². The predicted molar refractivity (Wildman–Crippen MR) is 122 cm³/mol. The van der Waals surface area contributed by atoms with E-state index in [1.807, 2.05) is 62.4 Å². The highest BCUT2D eigenvalue weighted by Gasteiger charge is 2.29. The number of allylic oxidation sites excluding steroid dienone is 1. The maximum Gasteiger partial charge on any atom is 0.316 e. The summed E-state index contributed by atoms with van der Waals surface area (Å²) in [5.41, 5.74) is 2.83. The Hall–Kier alpha value is -3.33. The van der Waals surface area contributed by atoms with Gasteiger partial charge in [0.2, 0.25) is 0 Å². The number of esters is 1. The summed E-state index contributed by atoms with van der Waals surface area (Å²) in [7, 11) is 0. The molecule has 0 spiro atoms. The third kappa shape index (κ3) is 6.08. The largest absolute Gasteiger partial charge is 0.508 e. The van der Waals surface area contributed by atoms with Gasteiger partial charge in [-0.15, -0.1) is 0 Å². The van der Waals surface area contributed by atoms with Crippen molar-refractivity contribution in [2.45, 2.75) is 33.1 Å². The van der Waals surface area contributed by atoms with Gasteiger partial charge in [0.1, 0.15) is 11.5 Å². The number of ether oxygens (including phenoxy) is 1. The third-order valence-electron chi connectivity index (χ3n) is 5.13. The first kappa shape index (κ1) is 21.4. The number of rotatable bonds is 8. The van der Waals surface area contributed by atoms with Crippen LogP contribution in [-0.4, -0.2) is 11.1 Å². The normalized spacial score (nSPS) is 11.9. The van der Waals surface area contributed by atoms with Crippen LogP contribution in [0.4, 0.5) is 0 Å². The maximum atomic E-state index is 12.6. The molecule has 0 saturated heterocycles. The summed E-state index contributed by atoms with van der Waals surface area (Å²) in [6.07, 6.45) is 4.56. The van der Waals surface area contributed by atoms with E-state index in [1.165, 1.54) is 5.57 Å². The first-order valence-corrected chi connectivity index (χ1v) is 10.3. The lowest BCUT2D eigenvalue weighted by Crippen LogP contribution is -2.29. The minimum absolute atomic E-state index is 0.211. The Kier molecular flexibility index (Phi) is 7.08. The molecule has 0 atom stereocenters. The van der Waals surface area contributed by atoms with Crippen LogP contribution in [0.25, 0.3) is 11.6 Å². The average Bonchev–Trinajstić information content (AvgIpc) is 2.76. The molecule has 0 aromatic heterocycles. The van der Waals surface area contributed by atoms with E-state index in [-0.39, 0.29) is 11.7 Å². The smallest absolute Gasteiger partial charge is 0.316 e. The molecule has 3 heteroatoms. The van der Waals surface area contributed by atoms with Crippen molar-refractivity contribution in [2.24, 2.45) is 5.41 Å². The van der Waals surface area contributed by atoms with Gasteiger partial charge in [0.25, 0.3) is 0 Å². The molecule has 3 aromatic carbocycles. The van der Waals surface area contributed by atoms with Crippen LogP contribution in [-0.2, 0) is 4.79 Å². The number of para-hydroxylation sites is 1. The van der Waals surface area contributed by atoms with Crippen LogP contribution < -0.4 is 4.74 Å². The molecular weight excluding hydrogens is 372 g/mol. The summed E-state index contributed by atoms with van der Waals surface area (Å²) < 4.78 is 5.55. The predicted octanol–water partition coefficient (Wildman–Crippen LogP) is 6.73. The van der Waals surface area contributed by atoms with Crippen molar-refractivity contribution >= 4 is 17.6 Å². The third-order valence-corrected chi connectivity index (χ3v) is 5.13. The highest BCUT2D eigenvalue weighted by molar-refractivity contribution is 5.82. The fourth-order valence-electron chi connectivity index (χ4n) is 3.28. The Morgan fingerprint density at radius 2 is 1.50 bits per heavy atom. The highest BCUT2D eigenvalue weighted by Crippen LogP contribution is 2.30. The monoisotopic (exact) mass is 400 g/mol. The number of phenols is 1. The van der Waals surface area contributed by atoms with Crippen LogP contribution in [0.2, 0.25) is 0 Å². The summed E-state index contributed by atoms with van der Waals surface area (Å²) in [5, 5.41) is 9.53. The van der Waals surface area contributed by atoms with Gasteiger partial charge in [0, 0.05) is 0 Å². The molecular formula is C27H28O3. The molecule has 30 heavy (non-hydrogen) atoms. The number of hydrogen-bond acceptors (Lipinski definition) is 3. The van der Waals surface area contributed by atoms with Crippen LogP contribution in [0.1, 0.15) is 44.2 Å². The van der Waals surface area contributed by atoms with E-state index < -0.39 is 5.41 Å². The molecule has 0 heterocycles. The molecule has 0 aliphatic carbocycles. The van der Waals surface area contributed by atoms with Gasteiger partial charge < -0.3 is 9.84 Å². The van der Waals surface area contributed by atoms with E-state index in [4.69, 9.17) is 4.74 Å². The van der Waals surface area contributed by atoms with E-state index in [0.29, 0.717) is 5.75 Å². The minimum atomic E-state index is -0.573. The average molecular weight is 401 g/mol. The van der Waals surface area contributed by atoms with Gasteiger partial charge in [-0.3, -0.25) is 4.79 Å². The van der Waals surface area contributed by atoms with Crippen LogP contribution in [0.5, 0.6) is 11.5 Å². The maximum absolute atomic E-state index is 12.6. The molecule has 3 rings (SSSR count). The van der Waals surface area contributed by atoms with Crippen LogP contribution in [0.3, 0.4) is 0 Å². The van der Waals surface area contributed by atoms with Crippen molar-refractivity contribution in [3.8, 4) is 11.5 Å². The Morgan fingerprint density at radius 3 is 2.13 bits per heavy atom. The van der Waals surface area contributed by atoms with E-state index in [0.717, 1.165) is 30.4 Å². The Bertz CT molecular complexity index is 972. The fraction of sp³-hybridized carbons (Fsp3) is 0.222. The molecule has 0 radical (unpaired) electrons. The topological polar surface area (TPSA) is 46.5 Å². The first-order valence-electron chi connectivity index (χ1n) is 10.3. The summed E-state index contributed by atoms with van der Waals surface area (Å²) >= 11 is 0. The first-order chi connectivity index (χ1) is 14.4. The molecule has 0 amide bonds. The van der Waals surface area contributed by atoms with Gasteiger partial charge in [0.15, 0.2) is 0 Å². The van der Waals surface area contributed by atoms with Gasteiger partial charge in [-0.1, -0.05) is 66.7 Å². The summed E-state index contributed by atoms with van der Waals surface area (Å²) in [6, 6.07) is 26.6. The summed E-state index contributed by atoms with van der Waals surface area (Å²) in [5.74, 6) is 0.623. The highest BCUT2D eigenvalue weighted by atomic mass is 16.5. The Morgan fingerprint density at radius 1 is 0.900 bits per heavy atom. The second-order valence-corrected chi connectivity index (χ2v) is 8.07. The van der Waals surface area contributed by atoms with E-state index in [2.05, 4.69) is 18.2 Å². The number of benzene rings is 3. The lowest BCUT2D eigenvalue weighted by atomic mass is 9.85. The molecule has 0 fully saturated rings. The summed E-state index contributed by atoms with van der Waals surface area (Å²) in [6.45, 7) is 3.87. The number of carbonyl (C=O) groups is 1. The lowest BCUT2D eigenvalue weighted by Gasteiger charge is -2.22.